The highest BCUT2D eigenvalue weighted by molar-refractivity contribution is 6.08. The maximum Gasteiger partial charge on any atom is 0.323 e. The van der Waals surface area contributed by atoms with E-state index in [1.165, 1.54) is 29.5 Å². The summed E-state index contributed by atoms with van der Waals surface area (Å²) in [5, 5.41) is 3.13. The molecule has 1 aliphatic heterocycles. The molecule has 1 fully saturated rings. The van der Waals surface area contributed by atoms with Gasteiger partial charge >= 0.3 is 6.03 Å². The van der Waals surface area contributed by atoms with E-state index in [0.717, 1.165) is 38.1 Å². The average Bonchev–Trinajstić information content (AvgIpc) is 3.56. The van der Waals surface area contributed by atoms with Gasteiger partial charge in [0.05, 0.1) is 6.33 Å². The number of urea groups is 1. The first-order valence-electron chi connectivity index (χ1n) is 13.2. The highest BCUT2D eigenvalue weighted by atomic mass is 16.2. The van der Waals surface area contributed by atoms with Crippen LogP contribution < -0.4 is 5.32 Å². The van der Waals surface area contributed by atoms with Gasteiger partial charge in [0.15, 0.2) is 0 Å². The molecule has 1 atom stereocenters. The van der Waals surface area contributed by atoms with Gasteiger partial charge < -0.3 is 9.47 Å². The van der Waals surface area contributed by atoms with E-state index in [-0.39, 0.29) is 18.0 Å². The minimum Gasteiger partial charge on any atom is -0.337 e. The van der Waals surface area contributed by atoms with Gasteiger partial charge in [0, 0.05) is 37.9 Å². The Morgan fingerprint density at radius 2 is 1.75 bits per heavy atom. The molecule has 2 amide bonds. The smallest absolute Gasteiger partial charge is 0.323 e. The molecule has 2 aromatic carbocycles. The van der Waals surface area contributed by atoms with Gasteiger partial charge in [-0.05, 0) is 55.2 Å². The molecule has 3 aromatic rings. The van der Waals surface area contributed by atoms with Crippen molar-refractivity contribution in [1.29, 1.82) is 0 Å². The molecule has 2 aliphatic rings. The van der Waals surface area contributed by atoms with Gasteiger partial charge in [-0.3, -0.25) is 10.3 Å². The predicted molar refractivity (Wildman–Crippen MR) is 144 cm³/mol. The van der Waals surface area contributed by atoms with Crippen LogP contribution in [0.5, 0.6) is 0 Å². The lowest BCUT2D eigenvalue weighted by Crippen LogP contribution is -2.38. The van der Waals surface area contributed by atoms with Crippen molar-refractivity contribution in [3.8, 4) is 0 Å². The Kier molecular flexibility index (Phi) is 7.91. The van der Waals surface area contributed by atoms with Crippen molar-refractivity contribution in [2.24, 2.45) is 4.99 Å². The number of aryl methyl sites for hydroxylation is 1. The van der Waals surface area contributed by atoms with Crippen LogP contribution >= 0.6 is 0 Å². The Bertz CT molecular complexity index is 1130. The number of allylic oxidation sites excluding steroid dienone is 1. The summed E-state index contributed by atoms with van der Waals surface area (Å²) in [6, 6.07) is 21.2. The molecule has 1 aliphatic carbocycles. The number of benzene rings is 2. The molecule has 0 bridgehead atoms. The molecule has 1 unspecified atom stereocenters. The molecule has 6 heteroatoms. The van der Waals surface area contributed by atoms with Crippen molar-refractivity contribution in [1.82, 2.24) is 19.8 Å². The molecular formula is C30H35N5O. The van der Waals surface area contributed by atoms with Crippen LogP contribution in [0.1, 0.15) is 55.6 Å². The zero-order valence-electron chi connectivity index (χ0n) is 20.8. The van der Waals surface area contributed by atoms with E-state index >= 15 is 0 Å². The number of carbonyl (C=O) groups excluding carboxylic acids is 1. The van der Waals surface area contributed by atoms with Crippen LogP contribution in [0, 0.1) is 0 Å². The van der Waals surface area contributed by atoms with E-state index < -0.39 is 0 Å². The molecule has 1 N–H and O–H groups in total. The highest BCUT2D eigenvalue weighted by Crippen LogP contribution is 2.30. The second-order valence-corrected chi connectivity index (χ2v) is 9.63. The number of hydrogen-bond donors (Lipinski definition) is 1. The third-order valence-corrected chi connectivity index (χ3v) is 7.22. The minimum absolute atomic E-state index is 0.0291. The summed E-state index contributed by atoms with van der Waals surface area (Å²) >= 11 is 0. The molecule has 1 saturated heterocycles. The summed E-state index contributed by atoms with van der Waals surface area (Å²) in [6.07, 6.45) is 14.2. The number of aliphatic imine (C=N–C) groups is 1. The number of carbonyl (C=O) groups is 1. The summed E-state index contributed by atoms with van der Waals surface area (Å²) in [5.41, 5.74) is 3.93. The van der Waals surface area contributed by atoms with Crippen LogP contribution in [0.15, 0.2) is 96.0 Å². The quantitative estimate of drug-likeness (QED) is 0.373. The number of nitrogens with one attached hydrogen (secondary N) is 1. The lowest BCUT2D eigenvalue weighted by Gasteiger charge is -2.27. The Hall–Kier alpha value is -3.67. The molecule has 186 valence electrons. The monoisotopic (exact) mass is 481 g/mol. The van der Waals surface area contributed by atoms with Gasteiger partial charge in [0.25, 0.3) is 0 Å². The molecule has 36 heavy (non-hydrogen) atoms. The Morgan fingerprint density at radius 1 is 1.00 bits per heavy atom. The zero-order valence-corrected chi connectivity index (χ0v) is 20.8. The summed E-state index contributed by atoms with van der Waals surface area (Å²) in [6.45, 7) is 2.20. The number of hydrogen-bond acceptors (Lipinski definition) is 3. The lowest BCUT2D eigenvalue weighted by molar-refractivity contribution is 0.207. The summed E-state index contributed by atoms with van der Waals surface area (Å²) in [7, 11) is 0. The van der Waals surface area contributed by atoms with Crippen molar-refractivity contribution >= 4 is 11.9 Å². The Morgan fingerprint density at radius 3 is 2.39 bits per heavy atom. The van der Waals surface area contributed by atoms with E-state index in [1.54, 1.807) is 6.20 Å². The van der Waals surface area contributed by atoms with Gasteiger partial charge in [0.2, 0.25) is 0 Å². The molecule has 1 aromatic heterocycles. The normalized spacial score (nSPS) is 19.1. The van der Waals surface area contributed by atoms with E-state index in [1.807, 2.05) is 17.4 Å². The van der Waals surface area contributed by atoms with E-state index in [9.17, 15) is 4.79 Å². The number of amidine groups is 1. The second-order valence-electron chi connectivity index (χ2n) is 9.63. The van der Waals surface area contributed by atoms with Crippen LogP contribution in [0.3, 0.4) is 0 Å². The molecule has 0 saturated carbocycles. The van der Waals surface area contributed by atoms with Crippen LogP contribution in [-0.2, 0) is 6.54 Å². The molecular weight excluding hydrogens is 446 g/mol. The zero-order chi connectivity index (χ0) is 24.6. The summed E-state index contributed by atoms with van der Waals surface area (Å²) in [4.78, 5) is 24.2. The SMILES string of the molecule is O=C1NC(=NCCC(c2ccccc2)c2ccccc2)C(C2=CCCCC2)N1CCCn1ccnc1. The predicted octanol–water partition coefficient (Wildman–Crippen LogP) is 5.79. The third kappa shape index (κ3) is 5.76. The standard InChI is InChI=1S/C30H35N5O/c36-30-33-29(32-18-17-27(24-11-4-1-5-12-24)25-13-6-2-7-14-25)28(26-15-8-3-9-16-26)35(30)21-10-20-34-22-19-31-23-34/h1-2,4-7,11-15,19,22-23,27-28H,3,8-10,16-18,20-21H2,(H,32,33,36). The van der Waals surface area contributed by atoms with E-state index in [2.05, 4.69) is 81.6 Å². The highest BCUT2D eigenvalue weighted by Gasteiger charge is 2.38. The molecule has 5 rings (SSSR count). The molecule has 0 radical (unpaired) electrons. The molecule has 0 spiro atoms. The topological polar surface area (TPSA) is 62.5 Å². The number of rotatable bonds is 10. The number of amides is 2. The number of aromatic nitrogens is 2. The maximum absolute atomic E-state index is 13.1. The van der Waals surface area contributed by atoms with Crippen molar-refractivity contribution in [3.05, 3.63) is 102 Å². The third-order valence-electron chi connectivity index (χ3n) is 7.22. The Balaban J connectivity index is 1.32. The first-order valence-corrected chi connectivity index (χ1v) is 13.2. The van der Waals surface area contributed by atoms with E-state index in [4.69, 9.17) is 4.99 Å². The number of nitrogens with zero attached hydrogens (tertiary/aromatic N) is 4. The van der Waals surface area contributed by atoms with Crippen LogP contribution in [0.25, 0.3) is 0 Å². The second kappa shape index (κ2) is 11.8. The lowest BCUT2D eigenvalue weighted by atomic mass is 9.88. The van der Waals surface area contributed by atoms with Gasteiger partial charge in [-0.15, -0.1) is 0 Å². The van der Waals surface area contributed by atoms with Gasteiger partial charge in [-0.2, -0.15) is 0 Å². The van der Waals surface area contributed by atoms with Gasteiger partial charge in [-0.1, -0.05) is 66.7 Å². The summed E-state index contributed by atoms with van der Waals surface area (Å²) in [5.74, 6) is 1.09. The fraction of sp³-hybridized carbons (Fsp3) is 0.367. The first kappa shape index (κ1) is 24.0. The fourth-order valence-corrected chi connectivity index (χ4v) is 5.41. The molecule has 6 nitrogen and oxygen atoms in total. The van der Waals surface area contributed by atoms with Crippen LogP contribution in [0.4, 0.5) is 4.79 Å². The van der Waals surface area contributed by atoms with Crippen molar-refractivity contribution in [2.75, 3.05) is 13.1 Å². The number of imidazole rings is 1. The van der Waals surface area contributed by atoms with Crippen molar-refractivity contribution < 1.29 is 4.79 Å². The van der Waals surface area contributed by atoms with Gasteiger partial charge in [0.1, 0.15) is 11.9 Å². The first-order chi connectivity index (χ1) is 17.8. The van der Waals surface area contributed by atoms with Crippen molar-refractivity contribution in [2.45, 2.75) is 57.0 Å². The minimum atomic E-state index is -0.0625. The maximum atomic E-state index is 13.1. The van der Waals surface area contributed by atoms with Crippen molar-refractivity contribution in [3.63, 3.8) is 0 Å². The van der Waals surface area contributed by atoms with Crippen LogP contribution in [-0.4, -0.2) is 45.4 Å². The van der Waals surface area contributed by atoms with Gasteiger partial charge in [-0.25, -0.2) is 9.78 Å². The van der Waals surface area contributed by atoms with E-state index in [0.29, 0.717) is 13.1 Å². The largest absolute Gasteiger partial charge is 0.337 e. The van der Waals surface area contributed by atoms with Crippen LogP contribution in [0.2, 0.25) is 0 Å². The summed E-state index contributed by atoms with van der Waals surface area (Å²) < 4.78 is 2.06. The Labute approximate surface area is 213 Å². The average molecular weight is 482 g/mol. The molecule has 2 heterocycles. The fourth-order valence-electron chi connectivity index (χ4n) is 5.41.